The van der Waals surface area contributed by atoms with Gasteiger partial charge in [0.05, 0.1) is 0 Å². The molecule has 0 aliphatic heterocycles. The van der Waals surface area contributed by atoms with Crippen molar-refractivity contribution >= 4 is 0 Å². The Balaban J connectivity index is 1.64. The second-order valence-corrected chi connectivity index (χ2v) is 5.56. The molecule has 3 unspecified atom stereocenters. The molecule has 1 fully saturated rings. The van der Waals surface area contributed by atoms with Crippen LogP contribution >= 0.6 is 0 Å². The first kappa shape index (κ1) is 12.6. The van der Waals surface area contributed by atoms with Gasteiger partial charge >= 0.3 is 0 Å². The Bertz CT molecular complexity index is 320. The van der Waals surface area contributed by atoms with Gasteiger partial charge in [0.15, 0.2) is 0 Å². The first-order valence-electron chi connectivity index (χ1n) is 7.04. The molecule has 1 aromatic carbocycles. The molecule has 0 saturated heterocycles. The summed E-state index contributed by atoms with van der Waals surface area (Å²) >= 11 is 0. The Morgan fingerprint density at radius 1 is 1.12 bits per heavy atom. The Kier molecular flexibility index (Phi) is 4.61. The Morgan fingerprint density at radius 3 is 2.53 bits per heavy atom. The topological polar surface area (TPSA) is 12.0 Å². The van der Waals surface area contributed by atoms with Crippen molar-refractivity contribution in [2.75, 3.05) is 6.54 Å². The monoisotopic (exact) mass is 231 g/mol. The molecule has 0 aromatic heterocycles. The molecule has 0 spiro atoms. The van der Waals surface area contributed by atoms with Crippen LogP contribution in [-0.4, -0.2) is 12.6 Å². The van der Waals surface area contributed by atoms with E-state index in [2.05, 4.69) is 49.5 Å². The van der Waals surface area contributed by atoms with Gasteiger partial charge in [0, 0.05) is 6.04 Å². The van der Waals surface area contributed by atoms with Gasteiger partial charge in [-0.25, -0.2) is 0 Å². The van der Waals surface area contributed by atoms with Gasteiger partial charge in [0.1, 0.15) is 0 Å². The lowest BCUT2D eigenvalue weighted by molar-refractivity contribution is 0.370. The van der Waals surface area contributed by atoms with E-state index in [-0.39, 0.29) is 0 Å². The fraction of sp³-hybridized carbons (Fsp3) is 0.625. The first-order chi connectivity index (χ1) is 8.27. The summed E-state index contributed by atoms with van der Waals surface area (Å²) in [5, 5.41) is 3.73. The van der Waals surface area contributed by atoms with E-state index in [0.29, 0.717) is 0 Å². The predicted octanol–water partition coefficient (Wildman–Crippen LogP) is 3.64. The highest BCUT2D eigenvalue weighted by atomic mass is 14.9. The number of rotatable bonds is 5. The summed E-state index contributed by atoms with van der Waals surface area (Å²) < 4.78 is 0. The van der Waals surface area contributed by atoms with E-state index in [0.717, 1.165) is 24.4 Å². The lowest BCUT2D eigenvalue weighted by Gasteiger charge is -2.19. The zero-order valence-corrected chi connectivity index (χ0v) is 11.2. The van der Waals surface area contributed by atoms with Crippen LogP contribution in [0.3, 0.4) is 0 Å². The lowest BCUT2D eigenvalue weighted by atomic mass is 9.98. The molecule has 17 heavy (non-hydrogen) atoms. The zero-order chi connectivity index (χ0) is 12.1. The predicted molar refractivity (Wildman–Crippen MR) is 74.1 cm³/mol. The van der Waals surface area contributed by atoms with Crippen molar-refractivity contribution < 1.29 is 0 Å². The molecule has 1 aromatic rings. The van der Waals surface area contributed by atoms with Crippen LogP contribution in [-0.2, 0) is 6.42 Å². The molecule has 2 rings (SSSR count). The second kappa shape index (κ2) is 6.20. The maximum Gasteiger partial charge on any atom is 0.00953 e. The van der Waals surface area contributed by atoms with Gasteiger partial charge in [0.2, 0.25) is 0 Å². The molecule has 1 nitrogen and oxygen atoms in total. The van der Waals surface area contributed by atoms with Crippen molar-refractivity contribution in [3.8, 4) is 0 Å². The Morgan fingerprint density at radius 2 is 1.88 bits per heavy atom. The minimum absolute atomic E-state index is 0.765. The van der Waals surface area contributed by atoms with E-state index in [9.17, 15) is 0 Å². The first-order valence-corrected chi connectivity index (χ1v) is 7.04. The highest BCUT2D eigenvalue weighted by molar-refractivity contribution is 5.14. The van der Waals surface area contributed by atoms with Crippen molar-refractivity contribution in [1.82, 2.24) is 5.32 Å². The van der Waals surface area contributed by atoms with E-state index in [1.165, 1.54) is 31.2 Å². The van der Waals surface area contributed by atoms with Crippen molar-refractivity contribution in [1.29, 1.82) is 0 Å². The average molecular weight is 231 g/mol. The fourth-order valence-electron chi connectivity index (χ4n) is 2.88. The summed E-state index contributed by atoms with van der Waals surface area (Å²) in [5.41, 5.74) is 1.46. The molecule has 0 heterocycles. The van der Waals surface area contributed by atoms with Crippen LogP contribution in [0.2, 0.25) is 0 Å². The average Bonchev–Trinajstić information content (AvgIpc) is 2.67. The third-order valence-electron chi connectivity index (χ3n) is 4.36. The van der Waals surface area contributed by atoms with Crippen molar-refractivity contribution in [2.24, 2.45) is 11.8 Å². The van der Waals surface area contributed by atoms with Crippen molar-refractivity contribution in [2.45, 2.75) is 45.6 Å². The van der Waals surface area contributed by atoms with Crippen LogP contribution < -0.4 is 5.32 Å². The van der Waals surface area contributed by atoms with E-state index in [1.807, 2.05) is 0 Å². The number of hydrogen-bond donors (Lipinski definition) is 1. The van der Waals surface area contributed by atoms with Crippen LogP contribution in [0, 0.1) is 11.8 Å². The maximum absolute atomic E-state index is 3.73. The molecule has 1 aliphatic rings. The van der Waals surface area contributed by atoms with E-state index >= 15 is 0 Å². The number of hydrogen-bond acceptors (Lipinski definition) is 1. The molecular formula is C16H25N. The summed E-state index contributed by atoms with van der Waals surface area (Å²) in [6.07, 6.45) is 5.22. The zero-order valence-electron chi connectivity index (χ0n) is 11.2. The Labute approximate surface area is 106 Å². The normalized spacial score (nSPS) is 28.5. The molecule has 0 radical (unpaired) electrons. The van der Waals surface area contributed by atoms with Gasteiger partial charge < -0.3 is 5.32 Å². The third-order valence-corrected chi connectivity index (χ3v) is 4.36. The molecule has 0 amide bonds. The van der Waals surface area contributed by atoms with Gasteiger partial charge in [-0.05, 0) is 49.6 Å². The molecule has 1 heteroatoms. The van der Waals surface area contributed by atoms with Crippen LogP contribution in [0.5, 0.6) is 0 Å². The molecule has 1 aliphatic carbocycles. The summed E-state index contributed by atoms with van der Waals surface area (Å²) in [4.78, 5) is 0. The van der Waals surface area contributed by atoms with Gasteiger partial charge in [0.25, 0.3) is 0 Å². The van der Waals surface area contributed by atoms with Crippen molar-refractivity contribution in [3.63, 3.8) is 0 Å². The molecule has 94 valence electrons. The molecule has 1 saturated carbocycles. The highest BCUT2D eigenvalue weighted by Crippen LogP contribution is 2.30. The number of nitrogens with one attached hydrogen (secondary N) is 1. The molecule has 0 bridgehead atoms. The van der Waals surface area contributed by atoms with Gasteiger partial charge in [-0.3, -0.25) is 0 Å². The fourth-order valence-corrected chi connectivity index (χ4v) is 2.88. The van der Waals surface area contributed by atoms with Gasteiger partial charge in [-0.2, -0.15) is 0 Å². The third kappa shape index (κ3) is 3.57. The SMILES string of the molecule is CC1CCC(NCCCc2ccccc2)C1C. The highest BCUT2D eigenvalue weighted by Gasteiger charge is 2.28. The standard InChI is InChI=1S/C16H25N/c1-13-10-11-16(14(13)2)17-12-6-9-15-7-4-3-5-8-15/h3-5,7-8,13-14,16-17H,6,9-12H2,1-2H3. The van der Waals surface area contributed by atoms with E-state index < -0.39 is 0 Å². The van der Waals surface area contributed by atoms with Crippen LogP contribution in [0.25, 0.3) is 0 Å². The summed E-state index contributed by atoms with van der Waals surface area (Å²) in [6, 6.07) is 11.6. The summed E-state index contributed by atoms with van der Waals surface area (Å²) in [5.74, 6) is 1.76. The quantitative estimate of drug-likeness (QED) is 0.763. The maximum atomic E-state index is 3.73. The number of benzene rings is 1. The van der Waals surface area contributed by atoms with Crippen molar-refractivity contribution in [3.05, 3.63) is 35.9 Å². The number of aryl methyl sites for hydroxylation is 1. The van der Waals surface area contributed by atoms with Crippen LogP contribution in [0.4, 0.5) is 0 Å². The van der Waals surface area contributed by atoms with Crippen LogP contribution in [0.15, 0.2) is 30.3 Å². The van der Waals surface area contributed by atoms with E-state index in [1.54, 1.807) is 0 Å². The summed E-state index contributed by atoms with van der Waals surface area (Å²) in [6.45, 7) is 5.94. The largest absolute Gasteiger partial charge is 0.314 e. The summed E-state index contributed by atoms with van der Waals surface area (Å²) in [7, 11) is 0. The molecular weight excluding hydrogens is 206 g/mol. The minimum atomic E-state index is 0.765. The molecule has 3 atom stereocenters. The van der Waals surface area contributed by atoms with Gasteiger partial charge in [-0.15, -0.1) is 0 Å². The smallest absolute Gasteiger partial charge is 0.00953 e. The lowest BCUT2D eigenvalue weighted by Crippen LogP contribution is -2.33. The van der Waals surface area contributed by atoms with Crippen LogP contribution in [0.1, 0.15) is 38.7 Å². The molecule has 1 N–H and O–H groups in total. The van der Waals surface area contributed by atoms with E-state index in [4.69, 9.17) is 0 Å². The Hall–Kier alpha value is -0.820. The van der Waals surface area contributed by atoms with Gasteiger partial charge in [-0.1, -0.05) is 44.2 Å². The minimum Gasteiger partial charge on any atom is -0.314 e. The second-order valence-electron chi connectivity index (χ2n) is 5.56.